The summed E-state index contributed by atoms with van der Waals surface area (Å²) in [5, 5.41) is 11.7. The maximum Gasteiger partial charge on any atom is 0.297 e. The Hall–Kier alpha value is -1.24. The lowest BCUT2D eigenvalue weighted by Crippen LogP contribution is -2.58. The smallest absolute Gasteiger partial charge is 0.297 e. The quantitative estimate of drug-likeness (QED) is 0.618. The number of Topliss-reactive ketones (excluding diaryl/α,β-unsaturated/α-hetero) is 1. The molecule has 6 atom stereocenters. The van der Waals surface area contributed by atoms with Crippen molar-refractivity contribution >= 4 is 15.9 Å². The summed E-state index contributed by atoms with van der Waals surface area (Å²) in [6.07, 6.45) is 7.11. The Labute approximate surface area is 198 Å². The summed E-state index contributed by atoms with van der Waals surface area (Å²) in [5.74, 6) is 1.31. The number of hydrogen-bond donors (Lipinski definition) is 1. The molecule has 1 aromatic rings. The van der Waals surface area contributed by atoms with Crippen LogP contribution < -0.4 is 0 Å². The number of rotatable bonds is 4. The molecule has 0 heterocycles. The molecular formula is C27H38O5S. The highest BCUT2D eigenvalue weighted by Crippen LogP contribution is 2.72. The number of hydrogen-bond acceptors (Lipinski definition) is 5. The molecule has 1 N–H and O–H groups in total. The Morgan fingerprint density at radius 1 is 1.03 bits per heavy atom. The van der Waals surface area contributed by atoms with Crippen molar-refractivity contribution < 1.29 is 22.5 Å². The number of fused-ring (bicyclic) bond motifs is 3. The first-order chi connectivity index (χ1) is 15.3. The summed E-state index contributed by atoms with van der Waals surface area (Å²) < 4.78 is 31.1. The summed E-state index contributed by atoms with van der Waals surface area (Å²) >= 11 is 0. The summed E-state index contributed by atoms with van der Waals surface area (Å²) in [6.45, 7) is 8.40. The topological polar surface area (TPSA) is 80.7 Å². The first-order valence-electron chi connectivity index (χ1n) is 12.5. The number of benzene rings is 1. The third-order valence-corrected chi connectivity index (χ3v) is 11.7. The van der Waals surface area contributed by atoms with Crippen molar-refractivity contribution in [2.75, 3.05) is 6.61 Å². The van der Waals surface area contributed by atoms with Crippen molar-refractivity contribution in [1.29, 1.82) is 0 Å². The van der Waals surface area contributed by atoms with E-state index in [-0.39, 0.29) is 33.7 Å². The van der Waals surface area contributed by atoms with Crippen LogP contribution in [0.25, 0.3) is 0 Å². The molecule has 182 valence electrons. The van der Waals surface area contributed by atoms with Gasteiger partial charge in [0.15, 0.2) is 0 Å². The van der Waals surface area contributed by atoms with E-state index in [1.54, 1.807) is 24.3 Å². The van der Waals surface area contributed by atoms with E-state index < -0.39 is 15.7 Å². The molecule has 1 spiro atoms. The van der Waals surface area contributed by atoms with E-state index in [9.17, 15) is 18.3 Å². The lowest BCUT2D eigenvalue weighted by Gasteiger charge is -2.63. The van der Waals surface area contributed by atoms with Gasteiger partial charge in [-0.3, -0.25) is 8.98 Å². The highest BCUT2D eigenvalue weighted by Gasteiger charge is 2.68. The fourth-order valence-electron chi connectivity index (χ4n) is 8.77. The highest BCUT2D eigenvalue weighted by atomic mass is 32.2. The van der Waals surface area contributed by atoms with Crippen LogP contribution in [0.4, 0.5) is 0 Å². The van der Waals surface area contributed by atoms with E-state index in [0.29, 0.717) is 30.5 Å². The van der Waals surface area contributed by atoms with Gasteiger partial charge in [-0.2, -0.15) is 8.42 Å². The molecule has 4 aliphatic rings. The van der Waals surface area contributed by atoms with Crippen LogP contribution in [-0.2, 0) is 19.1 Å². The van der Waals surface area contributed by atoms with Crippen LogP contribution in [0, 0.1) is 40.9 Å². The maximum atomic E-state index is 12.8. The minimum Gasteiger partial charge on any atom is -0.387 e. The van der Waals surface area contributed by atoms with Gasteiger partial charge >= 0.3 is 0 Å². The van der Waals surface area contributed by atoms with Gasteiger partial charge in [0, 0.05) is 11.8 Å². The van der Waals surface area contributed by atoms with E-state index in [2.05, 4.69) is 20.8 Å². The van der Waals surface area contributed by atoms with Crippen LogP contribution in [0.5, 0.6) is 0 Å². The van der Waals surface area contributed by atoms with E-state index in [1.807, 2.05) is 6.92 Å². The minimum atomic E-state index is -3.91. The second-order valence-corrected chi connectivity index (χ2v) is 14.1. The number of carbonyl (C=O) groups excluding carboxylic acids is 1. The van der Waals surface area contributed by atoms with Crippen molar-refractivity contribution in [2.24, 2.45) is 34.0 Å². The van der Waals surface area contributed by atoms with E-state index in [4.69, 9.17) is 4.18 Å². The monoisotopic (exact) mass is 474 g/mol. The van der Waals surface area contributed by atoms with Gasteiger partial charge in [0.05, 0.1) is 17.1 Å². The molecular weight excluding hydrogens is 436 g/mol. The molecule has 0 amide bonds. The van der Waals surface area contributed by atoms with Crippen LogP contribution >= 0.6 is 0 Å². The van der Waals surface area contributed by atoms with Crippen molar-refractivity contribution in [3.05, 3.63) is 29.8 Å². The molecule has 5 nitrogen and oxygen atoms in total. The van der Waals surface area contributed by atoms with Gasteiger partial charge in [-0.25, -0.2) is 0 Å². The molecule has 1 aromatic carbocycles. The lowest BCUT2D eigenvalue weighted by atomic mass is 9.41. The van der Waals surface area contributed by atoms with Crippen LogP contribution in [0.1, 0.15) is 77.7 Å². The summed E-state index contributed by atoms with van der Waals surface area (Å²) in [4.78, 5) is 12.9. The van der Waals surface area contributed by atoms with Gasteiger partial charge in [-0.1, -0.05) is 38.5 Å². The van der Waals surface area contributed by atoms with Gasteiger partial charge < -0.3 is 5.11 Å². The summed E-state index contributed by atoms with van der Waals surface area (Å²) in [7, 11) is -3.91. The molecule has 4 fully saturated rings. The summed E-state index contributed by atoms with van der Waals surface area (Å²) in [5.41, 5.74) is -0.294. The summed E-state index contributed by atoms with van der Waals surface area (Å²) in [6, 6.07) is 6.63. The largest absolute Gasteiger partial charge is 0.387 e. The predicted octanol–water partition coefficient (Wildman–Crippen LogP) is 5.04. The van der Waals surface area contributed by atoms with E-state index in [1.165, 1.54) is 0 Å². The molecule has 4 aliphatic carbocycles. The number of carbonyl (C=O) groups is 1. The normalized spacial score (nSPS) is 42.0. The molecule has 4 saturated carbocycles. The second-order valence-electron chi connectivity index (χ2n) is 12.4. The highest BCUT2D eigenvalue weighted by molar-refractivity contribution is 7.86. The van der Waals surface area contributed by atoms with Gasteiger partial charge in [0.2, 0.25) is 0 Å². The molecule has 5 rings (SSSR count). The average Bonchev–Trinajstić information content (AvgIpc) is 2.95. The molecule has 33 heavy (non-hydrogen) atoms. The Morgan fingerprint density at radius 2 is 1.73 bits per heavy atom. The predicted molar refractivity (Wildman–Crippen MR) is 126 cm³/mol. The zero-order valence-electron chi connectivity index (χ0n) is 20.4. The van der Waals surface area contributed by atoms with Crippen molar-refractivity contribution in [1.82, 2.24) is 0 Å². The van der Waals surface area contributed by atoms with Crippen molar-refractivity contribution in [3.8, 4) is 0 Å². The Balaban J connectivity index is 1.37. The molecule has 0 radical (unpaired) electrons. The van der Waals surface area contributed by atoms with E-state index in [0.717, 1.165) is 44.1 Å². The number of aliphatic hydroxyl groups is 1. The third kappa shape index (κ3) is 3.46. The van der Waals surface area contributed by atoms with E-state index >= 15 is 0 Å². The first kappa shape index (κ1) is 23.5. The third-order valence-electron chi connectivity index (χ3n) is 10.4. The SMILES string of the molecule is Cc1ccc(S(=O)(=O)OC[C@@]2(O)C[C@@]34CC[C@H]5C(C)(C)C(=O)CC[C@]5(C)[C@H]3CC[C@@H]2C4)cc1. The minimum absolute atomic E-state index is 0.0242. The van der Waals surface area contributed by atoms with Crippen LogP contribution in [0.15, 0.2) is 29.2 Å². The zero-order chi connectivity index (χ0) is 23.9. The molecule has 2 bridgehead atoms. The Morgan fingerprint density at radius 3 is 2.42 bits per heavy atom. The zero-order valence-corrected chi connectivity index (χ0v) is 21.2. The molecule has 6 heteroatoms. The van der Waals surface area contributed by atoms with Gasteiger partial charge in [0.25, 0.3) is 10.1 Å². The molecule has 0 aliphatic heterocycles. The van der Waals surface area contributed by atoms with Crippen LogP contribution in [0.2, 0.25) is 0 Å². The van der Waals surface area contributed by atoms with Crippen LogP contribution in [-0.4, -0.2) is 31.5 Å². The maximum absolute atomic E-state index is 12.8. The lowest BCUT2D eigenvalue weighted by molar-refractivity contribution is -0.165. The fourth-order valence-corrected chi connectivity index (χ4v) is 9.73. The fraction of sp³-hybridized carbons (Fsp3) is 0.741. The second kappa shape index (κ2) is 7.38. The molecule has 0 unspecified atom stereocenters. The molecule has 0 saturated heterocycles. The number of aryl methyl sites for hydroxylation is 1. The van der Waals surface area contributed by atoms with Crippen molar-refractivity contribution in [2.45, 2.75) is 89.6 Å². The van der Waals surface area contributed by atoms with Crippen LogP contribution in [0.3, 0.4) is 0 Å². The first-order valence-corrected chi connectivity index (χ1v) is 14.0. The molecule has 0 aromatic heterocycles. The van der Waals surface area contributed by atoms with Gasteiger partial charge in [-0.05, 0) is 92.6 Å². The standard InChI is InChI=1S/C27H38O5S/c1-18-5-8-20(9-6-18)33(30,31)32-17-27(29)16-26-14-11-21-24(2,3)23(28)12-13-25(21,4)22(26)10-7-19(27)15-26/h5-6,8-9,19,21-22,29H,7,10-17H2,1-4H3/t19-,21+,22-,25+,26+,27+/m1/s1. The Bertz CT molecular complexity index is 1060. The van der Waals surface area contributed by atoms with Crippen molar-refractivity contribution in [3.63, 3.8) is 0 Å². The average molecular weight is 475 g/mol. The number of ketones is 1. The Kier molecular flexibility index (Phi) is 5.25. The van der Waals surface area contributed by atoms with Gasteiger partial charge in [-0.15, -0.1) is 0 Å². The van der Waals surface area contributed by atoms with Gasteiger partial charge in [0.1, 0.15) is 5.78 Å².